The van der Waals surface area contributed by atoms with Crippen molar-refractivity contribution in [2.75, 3.05) is 20.8 Å². The SMILES string of the molecule is CCN1C(=O)SC(=Cc2cc(Br)c(OC)cc2OC)C1=O. The van der Waals surface area contributed by atoms with E-state index in [-0.39, 0.29) is 11.1 Å². The highest BCUT2D eigenvalue weighted by Gasteiger charge is 2.33. The van der Waals surface area contributed by atoms with Gasteiger partial charge in [-0.1, -0.05) is 0 Å². The third-order valence-electron chi connectivity index (χ3n) is 2.98. The Morgan fingerprint density at radius 1 is 1.24 bits per heavy atom. The minimum Gasteiger partial charge on any atom is -0.496 e. The molecule has 0 saturated carbocycles. The van der Waals surface area contributed by atoms with Crippen LogP contribution in [0.5, 0.6) is 11.5 Å². The van der Waals surface area contributed by atoms with E-state index in [1.165, 1.54) is 12.0 Å². The Morgan fingerprint density at radius 2 is 1.90 bits per heavy atom. The third kappa shape index (κ3) is 3.08. The molecule has 1 saturated heterocycles. The van der Waals surface area contributed by atoms with Crippen LogP contribution in [0.4, 0.5) is 4.79 Å². The second-order valence-electron chi connectivity index (χ2n) is 4.15. The van der Waals surface area contributed by atoms with Crippen LogP contribution in [0, 0.1) is 0 Å². The largest absolute Gasteiger partial charge is 0.496 e. The van der Waals surface area contributed by atoms with Gasteiger partial charge in [0.05, 0.1) is 23.6 Å². The molecule has 0 N–H and O–H groups in total. The zero-order chi connectivity index (χ0) is 15.6. The van der Waals surface area contributed by atoms with E-state index in [0.29, 0.717) is 28.5 Å². The van der Waals surface area contributed by atoms with Crippen LogP contribution in [0.2, 0.25) is 0 Å². The van der Waals surface area contributed by atoms with Crippen molar-refractivity contribution in [2.24, 2.45) is 0 Å². The number of methoxy groups -OCH3 is 2. The van der Waals surface area contributed by atoms with E-state index in [2.05, 4.69) is 15.9 Å². The fourth-order valence-corrected chi connectivity index (χ4v) is 3.33. The first-order valence-corrected chi connectivity index (χ1v) is 7.79. The summed E-state index contributed by atoms with van der Waals surface area (Å²) in [5, 5.41) is -0.250. The summed E-state index contributed by atoms with van der Waals surface area (Å²) in [4.78, 5) is 25.4. The maximum atomic E-state index is 12.1. The van der Waals surface area contributed by atoms with Crippen molar-refractivity contribution >= 4 is 44.9 Å². The molecule has 2 amide bonds. The van der Waals surface area contributed by atoms with Crippen LogP contribution in [0.3, 0.4) is 0 Å². The van der Waals surface area contributed by atoms with Crippen molar-refractivity contribution in [1.82, 2.24) is 4.90 Å². The van der Waals surface area contributed by atoms with Gasteiger partial charge in [-0.15, -0.1) is 0 Å². The Bertz CT molecular complexity index is 630. The van der Waals surface area contributed by atoms with Gasteiger partial charge in [0.1, 0.15) is 11.5 Å². The predicted molar refractivity (Wildman–Crippen MR) is 85.6 cm³/mol. The van der Waals surface area contributed by atoms with Gasteiger partial charge in [0.15, 0.2) is 0 Å². The van der Waals surface area contributed by atoms with Crippen molar-refractivity contribution in [1.29, 1.82) is 0 Å². The van der Waals surface area contributed by atoms with Crippen molar-refractivity contribution in [2.45, 2.75) is 6.92 Å². The van der Waals surface area contributed by atoms with Crippen molar-refractivity contribution in [3.05, 3.63) is 27.1 Å². The Hall–Kier alpha value is -1.47. The highest BCUT2D eigenvalue weighted by molar-refractivity contribution is 9.10. The summed E-state index contributed by atoms with van der Waals surface area (Å²) in [7, 11) is 3.10. The smallest absolute Gasteiger partial charge is 0.293 e. The average Bonchev–Trinajstić information content (AvgIpc) is 2.73. The highest BCUT2D eigenvalue weighted by Crippen LogP contribution is 2.37. The molecule has 0 aromatic heterocycles. The lowest BCUT2D eigenvalue weighted by Gasteiger charge is -2.10. The zero-order valence-electron chi connectivity index (χ0n) is 11.8. The number of thioether (sulfide) groups is 1. The van der Waals surface area contributed by atoms with E-state index in [9.17, 15) is 9.59 Å². The van der Waals surface area contributed by atoms with Crippen LogP contribution in [0.15, 0.2) is 21.5 Å². The maximum absolute atomic E-state index is 12.1. The van der Waals surface area contributed by atoms with Gasteiger partial charge in [0.2, 0.25) is 0 Å². The molecule has 0 bridgehead atoms. The summed E-state index contributed by atoms with van der Waals surface area (Å²) in [6.07, 6.45) is 1.66. The van der Waals surface area contributed by atoms with E-state index in [1.807, 2.05) is 0 Å². The summed E-state index contributed by atoms with van der Waals surface area (Å²) < 4.78 is 11.2. The van der Waals surface area contributed by atoms with Crippen LogP contribution in [-0.4, -0.2) is 36.8 Å². The van der Waals surface area contributed by atoms with E-state index in [0.717, 1.165) is 16.2 Å². The number of imide groups is 1. The monoisotopic (exact) mass is 371 g/mol. The van der Waals surface area contributed by atoms with Crippen LogP contribution in [-0.2, 0) is 4.79 Å². The molecule has 1 heterocycles. The van der Waals surface area contributed by atoms with Gasteiger partial charge >= 0.3 is 0 Å². The van der Waals surface area contributed by atoms with Crippen LogP contribution < -0.4 is 9.47 Å². The molecule has 0 aliphatic carbocycles. The number of ether oxygens (including phenoxy) is 2. The van der Waals surface area contributed by atoms with Crippen LogP contribution in [0.1, 0.15) is 12.5 Å². The van der Waals surface area contributed by atoms with E-state index >= 15 is 0 Å². The number of likely N-dealkylation sites (N-methyl/N-ethyl adjacent to an activating group) is 1. The van der Waals surface area contributed by atoms with Crippen molar-refractivity contribution in [3.63, 3.8) is 0 Å². The molecule has 0 spiro atoms. The molecule has 7 heteroatoms. The molecule has 1 aliphatic heterocycles. The first-order chi connectivity index (χ1) is 10.0. The molecular weight excluding hydrogens is 358 g/mol. The topological polar surface area (TPSA) is 55.8 Å². The van der Waals surface area contributed by atoms with E-state index < -0.39 is 0 Å². The third-order valence-corrected chi connectivity index (χ3v) is 4.51. The summed E-state index contributed by atoms with van der Waals surface area (Å²) in [6, 6.07) is 3.51. The molecule has 1 aromatic carbocycles. The van der Waals surface area contributed by atoms with Crippen LogP contribution in [0.25, 0.3) is 6.08 Å². The zero-order valence-corrected chi connectivity index (χ0v) is 14.2. The fraction of sp³-hybridized carbons (Fsp3) is 0.286. The lowest BCUT2D eigenvalue weighted by molar-refractivity contribution is -0.122. The van der Waals surface area contributed by atoms with Gasteiger partial charge in [-0.2, -0.15) is 0 Å². The maximum Gasteiger partial charge on any atom is 0.293 e. The Morgan fingerprint density at radius 3 is 2.43 bits per heavy atom. The number of hydrogen-bond acceptors (Lipinski definition) is 5. The first kappa shape index (κ1) is 15.9. The minimum atomic E-state index is -0.276. The Balaban J connectivity index is 2.44. The minimum absolute atomic E-state index is 0.250. The molecule has 0 unspecified atom stereocenters. The average molecular weight is 372 g/mol. The molecule has 1 aromatic rings. The van der Waals surface area contributed by atoms with Gasteiger partial charge < -0.3 is 9.47 Å². The van der Waals surface area contributed by atoms with Crippen molar-refractivity contribution < 1.29 is 19.1 Å². The number of amides is 2. The molecule has 2 rings (SSSR count). The summed E-state index contributed by atoms with van der Waals surface area (Å²) >= 11 is 4.33. The van der Waals surface area contributed by atoms with Crippen LogP contribution >= 0.6 is 27.7 Å². The highest BCUT2D eigenvalue weighted by atomic mass is 79.9. The Kier molecular flexibility index (Phi) is 4.95. The summed E-state index contributed by atoms with van der Waals surface area (Å²) in [5.41, 5.74) is 0.701. The van der Waals surface area contributed by atoms with Gasteiger partial charge in [0, 0.05) is 18.2 Å². The lowest BCUT2D eigenvalue weighted by Crippen LogP contribution is -2.27. The van der Waals surface area contributed by atoms with E-state index in [1.54, 1.807) is 32.2 Å². The van der Waals surface area contributed by atoms with Gasteiger partial charge in [-0.3, -0.25) is 14.5 Å². The molecule has 21 heavy (non-hydrogen) atoms. The molecule has 1 aliphatic rings. The summed E-state index contributed by atoms with van der Waals surface area (Å²) in [6.45, 7) is 2.13. The quantitative estimate of drug-likeness (QED) is 0.757. The molecule has 0 atom stereocenters. The van der Waals surface area contributed by atoms with Gasteiger partial charge in [0.25, 0.3) is 11.1 Å². The first-order valence-electron chi connectivity index (χ1n) is 6.18. The molecule has 1 fully saturated rings. The number of nitrogens with zero attached hydrogens (tertiary/aromatic N) is 1. The van der Waals surface area contributed by atoms with E-state index in [4.69, 9.17) is 9.47 Å². The van der Waals surface area contributed by atoms with Gasteiger partial charge in [-0.25, -0.2) is 0 Å². The number of rotatable bonds is 4. The lowest BCUT2D eigenvalue weighted by atomic mass is 10.1. The Labute approximate surface area is 135 Å². The summed E-state index contributed by atoms with van der Waals surface area (Å²) in [5.74, 6) is 0.922. The standard InChI is InChI=1S/C14H14BrNO4S/c1-4-16-13(17)12(21-14(16)18)6-8-5-9(15)11(20-3)7-10(8)19-2/h5-7H,4H2,1-3H3. The molecule has 0 radical (unpaired) electrons. The molecular formula is C14H14BrNO4S. The second-order valence-corrected chi connectivity index (χ2v) is 6.00. The number of hydrogen-bond donors (Lipinski definition) is 0. The normalized spacial score (nSPS) is 16.8. The molecule has 5 nitrogen and oxygen atoms in total. The van der Waals surface area contributed by atoms with Crippen molar-refractivity contribution in [3.8, 4) is 11.5 Å². The number of benzene rings is 1. The second kappa shape index (κ2) is 6.53. The number of carbonyl (C=O) groups excluding carboxylic acids is 2. The fourth-order valence-electron chi connectivity index (χ4n) is 1.91. The number of halogens is 1. The predicted octanol–water partition coefficient (Wildman–Crippen LogP) is 3.52. The number of carbonyl (C=O) groups is 2. The molecule has 112 valence electrons. The van der Waals surface area contributed by atoms with Gasteiger partial charge in [-0.05, 0) is 46.8 Å².